The molecule has 0 radical (unpaired) electrons. The van der Waals surface area contributed by atoms with Crippen LogP contribution in [0.3, 0.4) is 0 Å². The number of amides is 1. The first-order valence-electron chi connectivity index (χ1n) is 8.01. The van der Waals surface area contributed by atoms with Crippen molar-refractivity contribution >= 4 is 5.91 Å². The van der Waals surface area contributed by atoms with Crippen LogP contribution in [0.15, 0.2) is 0 Å². The second-order valence-corrected chi connectivity index (χ2v) is 6.13. The van der Waals surface area contributed by atoms with Crippen molar-refractivity contribution in [2.75, 3.05) is 26.2 Å². The van der Waals surface area contributed by atoms with Crippen molar-refractivity contribution in [3.8, 4) is 0 Å². The Kier molecular flexibility index (Phi) is 6.11. The monoisotopic (exact) mass is 267 g/mol. The Morgan fingerprint density at radius 1 is 1.16 bits per heavy atom. The molecule has 0 aromatic carbocycles. The number of rotatable bonds is 6. The highest BCUT2D eigenvalue weighted by atomic mass is 16.2. The van der Waals surface area contributed by atoms with Gasteiger partial charge in [-0.2, -0.15) is 0 Å². The smallest absolute Gasteiger partial charge is 0.236 e. The largest absolute Gasteiger partial charge is 0.340 e. The quantitative estimate of drug-likeness (QED) is 0.766. The number of nitrogens with one attached hydrogen (secondary N) is 1. The Morgan fingerprint density at radius 2 is 1.95 bits per heavy atom. The molecule has 1 heterocycles. The Bertz CT molecular complexity index is 271. The van der Waals surface area contributed by atoms with Gasteiger partial charge in [-0.25, -0.2) is 0 Å². The summed E-state index contributed by atoms with van der Waals surface area (Å²) in [4.78, 5) is 13.9. The Hall–Kier alpha value is -0.610. The van der Waals surface area contributed by atoms with Crippen LogP contribution in [0.1, 0.15) is 51.4 Å². The van der Waals surface area contributed by atoms with Crippen molar-refractivity contribution in [1.82, 2.24) is 10.2 Å². The molecule has 1 atom stereocenters. The van der Waals surface area contributed by atoms with Crippen molar-refractivity contribution < 1.29 is 4.79 Å². The summed E-state index contributed by atoms with van der Waals surface area (Å²) >= 11 is 0. The third-order valence-corrected chi connectivity index (χ3v) is 4.66. The Balaban J connectivity index is 1.77. The first-order valence-corrected chi connectivity index (χ1v) is 8.01. The lowest BCUT2D eigenvalue weighted by Crippen LogP contribution is -2.44. The van der Waals surface area contributed by atoms with E-state index in [9.17, 15) is 4.79 Å². The molecule has 2 fully saturated rings. The number of carbonyl (C=O) groups is 1. The first kappa shape index (κ1) is 14.8. The molecule has 0 bridgehead atoms. The SMILES string of the molecule is NCC(=O)N(CCC1CCCCC1)C[C@@H]1CCCN1. The molecule has 0 aromatic rings. The van der Waals surface area contributed by atoms with E-state index in [0.29, 0.717) is 6.04 Å². The first-order chi connectivity index (χ1) is 9.29. The van der Waals surface area contributed by atoms with Crippen LogP contribution in [0.5, 0.6) is 0 Å². The fourth-order valence-corrected chi connectivity index (χ4v) is 3.44. The average Bonchev–Trinajstić information content (AvgIpc) is 2.96. The van der Waals surface area contributed by atoms with Gasteiger partial charge in [0.05, 0.1) is 6.54 Å². The number of nitrogens with two attached hydrogens (primary N) is 1. The zero-order chi connectivity index (χ0) is 13.5. The van der Waals surface area contributed by atoms with Gasteiger partial charge in [0.1, 0.15) is 0 Å². The van der Waals surface area contributed by atoms with E-state index >= 15 is 0 Å². The van der Waals surface area contributed by atoms with Crippen LogP contribution < -0.4 is 11.1 Å². The van der Waals surface area contributed by atoms with Crippen molar-refractivity contribution in [2.24, 2.45) is 11.7 Å². The van der Waals surface area contributed by atoms with E-state index in [0.717, 1.165) is 25.6 Å². The van der Waals surface area contributed by atoms with E-state index in [1.165, 1.54) is 51.4 Å². The molecule has 1 aliphatic carbocycles. The number of hydrogen-bond donors (Lipinski definition) is 2. The summed E-state index contributed by atoms with van der Waals surface area (Å²) in [6.45, 7) is 3.00. The lowest BCUT2D eigenvalue weighted by molar-refractivity contribution is -0.130. The third-order valence-electron chi connectivity index (χ3n) is 4.66. The third kappa shape index (κ3) is 4.77. The molecule has 2 rings (SSSR count). The lowest BCUT2D eigenvalue weighted by atomic mass is 9.87. The minimum Gasteiger partial charge on any atom is -0.340 e. The summed E-state index contributed by atoms with van der Waals surface area (Å²) in [7, 11) is 0. The van der Waals surface area contributed by atoms with Gasteiger partial charge in [-0.15, -0.1) is 0 Å². The number of hydrogen-bond acceptors (Lipinski definition) is 3. The molecule has 1 aliphatic heterocycles. The van der Waals surface area contributed by atoms with Gasteiger partial charge in [0.15, 0.2) is 0 Å². The van der Waals surface area contributed by atoms with Gasteiger partial charge < -0.3 is 16.0 Å². The van der Waals surface area contributed by atoms with Crippen molar-refractivity contribution in [3.63, 3.8) is 0 Å². The van der Waals surface area contributed by atoms with Gasteiger partial charge in [0.25, 0.3) is 0 Å². The van der Waals surface area contributed by atoms with Crippen molar-refractivity contribution in [2.45, 2.75) is 57.4 Å². The topological polar surface area (TPSA) is 58.4 Å². The van der Waals surface area contributed by atoms with E-state index < -0.39 is 0 Å². The summed E-state index contributed by atoms with van der Waals surface area (Å²) in [6, 6.07) is 0.488. The van der Waals surface area contributed by atoms with Crippen LogP contribution in [0, 0.1) is 5.92 Å². The van der Waals surface area contributed by atoms with Gasteiger partial charge in [0.2, 0.25) is 5.91 Å². The predicted molar refractivity (Wildman–Crippen MR) is 77.9 cm³/mol. The van der Waals surface area contributed by atoms with Crippen LogP contribution in [-0.4, -0.2) is 43.0 Å². The highest BCUT2D eigenvalue weighted by molar-refractivity contribution is 5.78. The highest BCUT2D eigenvalue weighted by Gasteiger charge is 2.22. The summed E-state index contributed by atoms with van der Waals surface area (Å²) in [5.41, 5.74) is 5.54. The molecule has 1 saturated carbocycles. The van der Waals surface area contributed by atoms with E-state index in [-0.39, 0.29) is 12.5 Å². The van der Waals surface area contributed by atoms with Gasteiger partial charge >= 0.3 is 0 Å². The number of nitrogens with zero attached hydrogens (tertiary/aromatic N) is 1. The molecule has 110 valence electrons. The van der Waals surface area contributed by atoms with Crippen LogP contribution in [0.4, 0.5) is 0 Å². The fourth-order valence-electron chi connectivity index (χ4n) is 3.44. The zero-order valence-electron chi connectivity index (χ0n) is 12.1. The Labute approximate surface area is 117 Å². The summed E-state index contributed by atoms with van der Waals surface area (Å²) in [6.07, 6.45) is 10.4. The second-order valence-electron chi connectivity index (χ2n) is 6.13. The van der Waals surface area contributed by atoms with Crippen LogP contribution >= 0.6 is 0 Å². The molecule has 3 N–H and O–H groups in total. The second kappa shape index (κ2) is 7.85. The van der Waals surface area contributed by atoms with Crippen LogP contribution in [0.25, 0.3) is 0 Å². The molecular formula is C15H29N3O. The van der Waals surface area contributed by atoms with Gasteiger partial charge in [-0.05, 0) is 31.7 Å². The molecule has 19 heavy (non-hydrogen) atoms. The van der Waals surface area contributed by atoms with Gasteiger partial charge in [-0.1, -0.05) is 32.1 Å². The van der Waals surface area contributed by atoms with Crippen molar-refractivity contribution in [3.05, 3.63) is 0 Å². The molecule has 0 spiro atoms. The molecule has 2 aliphatic rings. The standard InChI is InChI=1S/C15H29N3O/c16-11-15(19)18(12-14-7-4-9-17-14)10-8-13-5-2-1-3-6-13/h13-14,17H,1-12,16H2/t14-/m0/s1. The fraction of sp³-hybridized carbons (Fsp3) is 0.933. The molecule has 1 amide bonds. The molecular weight excluding hydrogens is 238 g/mol. The predicted octanol–water partition coefficient (Wildman–Crippen LogP) is 1.50. The van der Waals surface area contributed by atoms with E-state index in [1.807, 2.05) is 4.90 Å². The summed E-state index contributed by atoms with van der Waals surface area (Å²) in [5.74, 6) is 0.947. The minimum atomic E-state index is 0.115. The lowest BCUT2D eigenvalue weighted by Gasteiger charge is -2.29. The van der Waals surface area contributed by atoms with Crippen LogP contribution in [0.2, 0.25) is 0 Å². The average molecular weight is 267 g/mol. The van der Waals surface area contributed by atoms with Crippen molar-refractivity contribution in [1.29, 1.82) is 0 Å². The minimum absolute atomic E-state index is 0.115. The Morgan fingerprint density at radius 3 is 2.58 bits per heavy atom. The molecule has 0 unspecified atom stereocenters. The van der Waals surface area contributed by atoms with Crippen LogP contribution in [-0.2, 0) is 4.79 Å². The van der Waals surface area contributed by atoms with Gasteiger partial charge in [0, 0.05) is 19.1 Å². The summed E-state index contributed by atoms with van der Waals surface area (Å²) < 4.78 is 0. The number of carbonyl (C=O) groups excluding carboxylic acids is 1. The highest BCUT2D eigenvalue weighted by Crippen LogP contribution is 2.26. The maximum absolute atomic E-state index is 11.9. The van der Waals surface area contributed by atoms with E-state index in [2.05, 4.69) is 5.32 Å². The molecule has 4 heteroatoms. The molecule has 1 saturated heterocycles. The van der Waals surface area contributed by atoms with Gasteiger partial charge in [-0.3, -0.25) is 4.79 Å². The van der Waals surface area contributed by atoms with E-state index in [4.69, 9.17) is 5.73 Å². The maximum Gasteiger partial charge on any atom is 0.236 e. The normalized spacial score (nSPS) is 24.6. The maximum atomic E-state index is 11.9. The summed E-state index contributed by atoms with van der Waals surface area (Å²) in [5, 5.41) is 3.47. The zero-order valence-corrected chi connectivity index (χ0v) is 12.1. The van der Waals surface area contributed by atoms with E-state index in [1.54, 1.807) is 0 Å². The molecule has 0 aromatic heterocycles. The molecule has 4 nitrogen and oxygen atoms in total.